The van der Waals surface area contributed by atoms with E-state index in [0.717, 1.165) is 16.2 Å². The van der Waals surface area contributed by atoms with Gasteiger partial charge in [-0.3, -0.25) is 0 Å². The molecule has 118 valence electrons. The summed E-state index contributed by atoms with van der Waals surface area (Å²) < 4.78 is 5.72. The lowest BCUT2D eigenvalue weighted by Crippen LogP contribution is -1.99. The normalized spacial score (nSPS) is 10.8. The first-order chi connectivity index (χ1) is 10.8. The van der Waals surface area contributed by atoms with Gasteiger partial charge in [0, 0.05) is 5.56 Å². The van der Waals surface area contributed by atoms with Crippen molar-refractivity contribution in [3.05, 3.63) is 53.6 Å². The smallest absolute Gasteiger partial charge is 0.204 e. The summed E-state index contributed by atoms with van der Waals surface area (Å²) in [5.74, 6) is 1.03. The standard InChI is InChI=1S/C20H28OSi/c1-3-5-10-16-11-9-14-18(17(16)12-6-4-2)19-13-7-8-15-20(19)21-22/h7-9,11,13-15H,3-6,10,12H2,1-2,22H3. The van der Waals surface area contributed by atoms with Crippen molar-refractivity contribution in [2.45, 2.75) is 52.4 Å². The topological polar surface area (TPSA) is 9.23 Å². The van der Waals surface area contributed by atoms with Gasteiger partial charge in [-0.25, -0.2) is 0 Å². The zero-order valence-corrected chi connectivity index (χ0v) is 16.2. The molecule has 2 heteroatoms. The van der Waals surface area contributed by atoms with Gasteiger partial charge in [-0.2, -0.15) is 0 Å². The van der Waals surface area contributed by atoms with Crippen LogP contribution in [0.2, 0.25) is 0 Å². The minimum Gasteiger partial charge on any atom is -0.553 e. The van der Waals surface area contributed by atoms with E-state index in [1.54, 1.807) is 0 Å². The molecule has 0 N–H and O–H groups in total. The summed E-state index contributed by atoms with van der Waals surface area (Å²) in [7, 11) is 0.727. The third-order valence-electron chi connectivity index (χ3n) is 4.25. The van der Waals surface area contributed by atoms with Gasteiger partial charge in [0.25, 0.3) is 0 Å². The van der Waals surface area contributed by atoms with Gasteiger partial charge in [0.15, 0.2) is 0 Å². The van der Waals surface area contributed by atoms with Crippen molar-refractivity contribution in [3.8, 4) is 16.9 Å². The minimum atomic E-state index is 0.727. The van der Waals surface area contributed by atoms with Crippen LogP contribution in [0, 0.1) is 0 Å². The SMILES string of the molecule is CCCCc1cccc(-c2ccccc2O[SiH3])c1CCCC. The molecule has 0 saturated carbocycles. The molecule has 22 heavy (non-hydrogen) atoms. The fourth-order valence-electron chi connectivity index (χ4n) is 3.00. The first-order valence-electron chi connectivity index (χ1n) is 8.56. The fraction of sp³-hybridized carbons (Fsp3) is 0.400. The molecule has 0 atom stereocenters. The molecule has 0 fully saturated rings. The van der Waals surface area contributed by atoms with Gasteiger partial charge in [0.2, 0.25) is 10.5 Å². The highest BCUT2D eigenvalue weighted by atomic mass is 28.2. The van der Waals surface area contributed by atoms with Crippen molar-refractivity contribution in [2.75, 3.05) is 0 Å². The van der Waals surface area contributed by atoms with Crippen LogP contribution in [0.3, 0.4) is 0 Å². The predicted molar refractivity (Wildman–Crippen MR) is 99.7 cm³/mol. The van der Waals surface area contributed by atoms with Crippen molar-refractivity contribution in [1.82, 2.24) is 0 Å². The zero-order valence-electron chi connectivity index (χ0n) is 14.2. The second-order valence-corrected chi connectivity index (χ2v) is 6.26. The van der Waals surface area contributed by atoms with Crippen LogP contribution in [0.15, 0.2) is 42.5 Å². The molecule has 0 amide bonds. The van der Waals surface area contributed by atoms with E-state index in [-0.39, 0.29) is 0 Å². The summed E-state index contributed by atoms with van der Waals surface area (Å²) in [6.45, 7) is 4.53. The Morgan fingerprint density at radius 1 is 0.818 bits per heavy atom. The molecule has 0 aliphatic heterocycles. The predicted octanol–water partition coefficient (Wildman–Crippen LogP) is 4.70. The van der Waals surface area contributed by atoms with Crippen molar-refractivity contribution < 1.29 is 4.43 Å². The Bertz CT molecular complexity index is 592. The first-order valence-corrected chi connectivity index (χ1v) is 9.37. The average Bonchev–Trinajstić information content (AvgIpc) is 2.58. The molecule has 2 aromatic rings. The number of rotatable bonds is 8. The molecule has 2 rings (SSSR count). The molecule has 0 unspecified atom stereocenters. The lowest BCUT2D eigenvalue weighted by atomic mass is 9.89. The molecular formula is C20H28OSi. The Morgan fingerprint density at radius 3 is 2.23 bits per heavy atom. The highest BCUT2D eigenvalue weighted by Crippen LogP contribution is 2.34. The van der Waals surface area contributed by atoms with E-state index in [9.17, 15) is 0 Å². The third-order valence-corrected chi connectivity index (χ3v) is 4.69. The van der Waals surface area contributed by atoms with Crippen molar-refractivity contribution in [1.29, 1.82) is 0 Å². The van der Waals surface area contributed by atoms with E-state index in [2.05, 4.69) is 56.3 Å². The van der Waals surface area contributed by atoms with Crippen LogP contribution in [0.25, 0.3) is 11.1 Å². The second kappa shape index (κ2) is 8.79. The Balaban J connectivity index is 2.48. The Hall–Kier alpha value is -1.54. The highest BCUT2D eigenvalue weighted by molar-refractivity contribution is 6.00. The van der Waals surface area contributed by atoms with Gasteiger partial charge in [0.05, 0.1) is 0 Å². The van der Waals surface area contributed by atoms with E-state index < -0.39 is 0 Å². The Kier molecular flexibility index (Phi) is 6.72. The zero-order chi connectivity index (χ0) is 15.8. The Labute approximate surface area is 138 Å². The molecule has 0 radical (unpaired) electrons. The monoisotopic (exact) mass is 312 g/mol. The van der Waals surface area contributed by atoms with E-state index in [0.29, 0.717) is 0 Å². The maximum Gasteiger partial charge on any atom is 0.204 e. The summed E-state index contributed by atoms with van der Waals surface area (Å²) in [6.07, 6.45) is 7.36. The number of unbranched alkanes of at least 4 members (excludes halogenated alkanes) is 2. The summed E-state index contributed by atoms with van der Waals surface area (Å²) >= 11 is 0. The van der Waals surface area contributed by atoms with Gasteiger partial charge in [-0.1, -0.05) is 63.1 Å². The summed E-state index contributed by atoms with van der Waals surface area (Å²) in [6, 6.07) is 15.2. The van der Waals surface area contributed by atoms with Crippen LogP contribution in [0.5, 0.6) is 5.75 Å². The van der Waals surface area contributed by atoms with Crippen molar-refractivity contribution in [3.63, 3.8) is 0 Å². The van der Waals surface area contributed by atoms with Crippen molar-refractivity contribution >= 4 is 10.5 Å². The van der Waals surface area contributed by atoms with Crippen LogP contribution < -0.4 is 4.43 Å². The molecule has 0 spiro atoms. The van der Waals surface area contributed by atoms with Gasteiger partial charge >= 0.3 is 0 Å². The quantitative estimate of drug-likeness (QED) is 0.642. The minimum absolute atomic E-state index is 0.727. The fourth-order valence-corrected chi connectivity index (χ4v) is 3.36. The summed E-state index contributed by atoms with van der Waals surface area (Å²) in [5, 5.41) is 0. The van der Waals surface area contributed by atoms with E-state index in [1.807, 2.05) is 0 Å². The number of hydrogen-bond donors (Lipinski definition) is 0. The number of para-hydroxylation sites is 1. The maximum atomic E-state index is 5.72. The number of hydrogen-bond acceptors (Lipinski definition) is 1. The first kappa shape index (κ1) is 16.8. The molecule has 1 nitrogen and oxygen atoms in total. The lowest BCUT2D eigenvalue weighted by molar-refractivity contribution is 0.618. The van der Waals surface area contributed by atoms with Gasteiger partial charge in [0.1, 0.15) is 5.75 Å². The Morgan fingerprint density at radius 2 is 1.50 bits per heavy atom. The van der Waals surface area contributed by atoms with Crippen LogP contribution in [-0.2, 0) is 12.8 Å². The third kappa shape index (κ3) is 4.01. The van der Waals surface area contributed by atoms with E-state index in [1.165, 1.54) is 60.8 Å². The summed E-state index contributed by atoms with van der Waals surface area (Å²) in [4.78, 5) is 0. The van der Waals surface area contributed by atoms with E-state index >= 15 is 0 Å². The molecule has 0 aliphatic rings. The van der Waals surface area contributed by atoms with Crippen LogP contribution in [0.1, 0.15) is 50.7 Å². The molecule has 2 aromatic carbocycles. The number of aryl methyl sites for hydroxylation is 1. The molecule has 0 bridgehead atoms. The van der Waals surface area contributed by atoms with Crippen LogP contribution in [0.4, 0.5) is 0 Å². The number of benzene rings is 2. The molecule has 0 aliphatic carbocycles. The van der Waals surface area contributed by atoms with E-state index in [4.69, 9.17) is 4.43 Å². The van der Waals surface area contributed by atoms with Gasteiger partial charge in [-0.15, -0.1) is 0 Å². The largest absolute Gasteiger partial charge is 0.553 e. The molecular weight excluding hydrogens is 284 g/mol. The van der Waals surface area contributed by atoms with Crippen LogP contribution in [-0.4, -0.2) is 10.5 Å². The second-order valence-electron chi connectivity index (χ2n) is 5.85. The van der Waals surface area contributed by atoms with Gasteiger partial charge in [-0.05, 0) is 48.4 Å². The van der Waals surface area contributed by atoms with Crippen LogP contribution >= 0.6 is 0 Å². The lowest BCUT2D eigenvalue weighted by Gasteiger charge is -2.17. The highest BCUT2D eigenvalue weighted by Gasteiger charge is 2.12. The maximum absolute atomic E-state index is 5.72. The molecule has 0 aromatic heterocycles. The van der Waals surface area contributed by atoms with Crippen molar-refractivity contribution in [2.24, 2.45) is 0 Å². The average molecular weight is 313 g/mol. The van der Waals surface area contributed by atoms with Gasteiger partial charge < -0.3 is 4.43 Å². The molecule has 0 saturated heterocycles. The molecule has 0 heterocycles. The summed E-state index contributed by atoms with van der Waals surface area (Å²) in [5.41, 5.74) is 5.68.